The smallest absolute Gasteiger partial charge is 0.410 e. The highest BCUT2D eigenvalue weighted by molar-refractivity contribution is 7.19. The number of benzene rings is 2. The summed E-state index contributed by atoms with van der Waals surface area (Å²) in [6.45, 7) is 6.06. The molecular weight excluding hydrogens is 797 g/mol. The monoisotopic (exact) mass is 838 g/mol. The number of aliphatic hydroxyl groups excluding tert-OH is 2. The number of ether oxygens (including phenoxy) is 4. The summed E-state index contributed by atoms with van der Waals surface area (Å²) in [5.41, 5.74) is 14.4. The lowest BCUT2D eigenvalue weighted by atomic mass is 9.90. The molecule has 0 bridgehead atoms. The number of carbonyl (C=O) groups excluding carboxylic acids is 2. The Labute approximate surface area is 346 Å². The number of cyclic esters (lactones) is 1. The third kappa shape index (κ3) is 7.41. The third-order valence-corrected chi connectivity index (χ3v) is 12.6. The van der Waals surface area contributed by atoms with Crippen molar-refractivity contribution >= 4 is 50.4 Å². The fourth-order valence-electron chi connectivity index (χ4n) is 8.26. The highest BCUT2D eigenvalue weighted by Crippen LogP contribution is 2.40. The van der Waals surface area contributed by atoms with Crippen LogP contribution in [0.1, 0.15) is 72.2 Å². The van der Waals surface area contributed by atoms with Crippen molar-refractivity contribution in [2.45, 2.75) is 103 Å². The van der Waals surface area contributed by atoms with Gasteiger partial charge >= 0.3 is 18.0 Å². The molecule has 60 heavy (non-hydrogen) atoms. The summed E-state index contributed by atoms with van der Waals surface area (Å²) in [7, 11) is 0. The van der Waals surface area contributed by atoms with Gasteiger partial charge < -0.3 is 43.7 Å². The molecule has 312 valence electrons. The van der Waals surface area contributed by atoms with Crippen molar-refractivity contribution in [1.29, 1.82) is 0 Å². The van der Waals surface area contributed by atoms with Gasteiger partial charge in [-0.05, 0) is 67.6 Å². The summed E-state index contributed by atoms with van der Waals surface area (Å²) in [6, 6.07) is 14.4. The van der Waals surface area contributed by atoms with Gasteiger partial charge in [0.2, 0.25) is 6.29 Å². The Balaban J connectivity index is 1.05. The number of rotatable bonds is 12. The maximum Gasteiger partial charge on any atom is 0.410 e. The fraction of sp³-hybridized carbons (Fsp3) is 0.405. The van der Waals surface area contributed by atoms with E-state index in [1.165, 1.54) is 11.3 Å². The van der Waals surface area contributed by atoms with Crippen molar-refractivity contribution in [3.8, 4) is 17.1 Å². The van der Waals surface area contributed by atoms with Crippen LogP contribution >= 0.6 is 11.3 Å². The number of aromatic nitrogens is 2. The van der Waals surface area contributed by atoms with E-state index < -0.39 is 42.6 Å². The SMILES string of the molecule is CC[C@@H]1C(=O)OCc2c1cc1n(c2=O)Cc2c-1nc1ccccc1c2CCN(C(=O)OCc1ccc(O[C@@H]2O[C@H](C(=O)O)C[C@H](O)[C@H]2O)c2cc(CN=[N+]=[N-])sc12)C(C)C. The lowest BCUT2D eigenvalue weighted by molar-refractivity contribution is -0.237. The molecule has 0 saturated carbocycles. The van der Waals surface area contributed by atoms with Crippen LogP contribution < -0.4 is 10.3 Å². The van der Waals surface area contributed by atoms with Gasteiger partial charge in [0.1, 0.15) is 25.1 Å². The predicted molar refractivity (Wildman–Crippen MR) is 217 cm³/mol. The van der Waals surface area contributed by atoms with Crippen molar-refractivity contribution in [3.05, 3.63) is 102 Å². The molecule has 3 aliphatic heterocycles. The Bertz CT molecular complexity index is 2650. The first kappa shape index (κ1) is 40.7. The number of carbonyl (C=O) groups is 3. The number of esters is 1. The Kier molecular flexibility index (Phi) is 11.2. The first-order valence-corrected chi connectivity index (χ1v) is 20.4. The normalized spacial score (nSPS) is 20.6. The molecule has 8 rings (SSSR count). The Morgan fingerprint density at radius 1 is 1.13 bits per heavy atom. The van der Waals surface area contributed by atoms with Gasteiger partial charge in [0.25, 0.3) is 5.56 Å². The van der Waals surface area contributed by atoms with Crippen LogP contribution in [0.5, 0.6) is 5.75 Å². The first-order chi connectivity index (χ1) is 28.9. The molecule has 6 heterocycles. The summed E-state index contributed by atoms with van der Waals surface area (Å²) >= 11 is 1.29. The molecule has 0 unspecified atom stereocenters. The van der Waals surface area contributed by atoms with E-state index in [1.54, 1.807) is 27.7 Å². The molecule has 0 radical (unpaired) electrons. The second-order valence-electron chi connectivity index (χ2n) is 15.3. The lowest BCUT2D eigenvalue weighted by Gasteiger charge is -2.35. The Morgan fingerprint density at radius 3 is 2.68 bits per heavy atom. The van der Waals surface area contributed by atoms with Gasteiger partial charge in [0.05, 0.1) is 47.6 Å². The van der Waals surface area contributed by atoms with Crippen LogP contribution in [-0.2, 0) is 56.5 Å². The standard InChI is InChI=1S/C42H42N6O11S/c1-4-23-26-14-31-35-28(17-48(31)38(51)29(26)19-56-40(23)54)24(25-7-5-6-8-30(25)45-35)11-12-47(20(2)3)42(55)57-18-21-9-10-33(27-13-22(16-44-46-43)60-37(21)27)58-41-36(50)32(49)15-34(59-41)39(52)53/h5-10,13-14,20,23,32,34,36,41,49-50H,4,11-12,15-19H2,1-3H3,(H,52,53)/t23-,32-,34-,36+,41+/m0/s1. The minimum atomic E-state index is -1.52. The van der Waals surface area contributed by atoms with Gasteiger partial charge in [0.15, 0.2) is 6.10 Å². The van der Waals surface area contributed by atoms with Gasteiger partial charge in [-0.25, -0.2) is 14.6 Å². The van der Waals surface area contributed by atoms with Crippen LogP contribution in [0.4, 0.5) is 4.79 Å². The molecular formula is C42H42N6O11S. The van der Waals surface area contributed by atoms with Crippen molar-refractivity contribution in [1.82, 2.24) is 14.5 Å². The maximum atomic E-state index is 13.9. The predicted octanol–water partition coefficient (Wildman–Crippen LogP) is 5.89. The zero-order valence-corrected chi connectivity index (χ0v) is 33.8. The summed E-state index contributed by atoms with van der Waals surface area (Å²) in [6.07, 6.45) is -5.75. The number of carboxylic acids is 1. The van der Waals surface area contributed by atoms with Crippen LogP contribution in [0, 0.1) is 0 Å². The summed E-state index contributed by atoms with van der Waals surface area (Å²) in [5, 5.41) is 35.5. The van der Waals surface area contributed by atoms with Crippen molar-refractivity contribution in [2.24, 2.45) is 5.11 Å². The number of thiophene rings is 1. The van der Waals surface area contributed by atoms with E-state index in [0.717, 1.165) is 22.0 Å². The number of carboxylic acid groups (broad SMARTS) is 1. The third-order valence-electron chi connectivity index (χ3n) is 11.4. The number of azide groups is 1. The van der Waals surface area contributed by atoms with Crippen LogP contribution in [0.15, 0.2) is 58.4 Å². The number of aliphatic hydroxyl groups is 2. The van der Waals surface area contributed by atoms with Crippen LogP contribution in [-0.4, -0.2) is 85.0 Å². The summed E-state index contributed by atoms with van der Waals surface area (Å²) < 4.78 is 25.1. The largest absolute Gasteiger partial charge is 0.479 e. The number of fused-ring (bicyclic) bond motifs is 6. The quantitative estimate of drug-likeness (QED) is 0.0566. The van der Waals surface area contributed by atoms with Gasteiger partial charge in [0, 0.05) is 55.4 Å². The van der Waals surface area contributed by atoms with E-state index in [2.05, 4.69) is 10.0 Å². The first-order valence-electron chi connectivity index (χ1n) is 19.6. The molecule has 18 heteroatoms. The number of hydrogen-bond acceptors (Lipinski definition) is 13. The minimum Gasteiger partial charge on any atom is -0.479 e. The Hall–Kier alpha value is -6.04. The van der Waals surface area contributed by atoms with E-state index in [9.17, 15) is 34.5 Å². The number of pyridine rings is 2. The molecule has 1 amide bonds. The molecule has 3 aliphatic rings. The number of para-hydroxylation sites is 1. The molecule has 1 fully saturated rings. The second-order valence-corrected chi connectivity index (χ2v) is 16.4. The van der Waals surface area contributed by atoms with Crippen LogP contribution in [0.2, 0.25) is 0 Å². The number of nitrogens with zero attached hydrogens (tertiary/aromatic N) is 6. The molecule has 3 N–H and O–H groups in total. The second kappa shape index (κ2) is 16.5. The topological polar surface area (TPSA) is 236 Å². The van der Waals surface area contributed by atoms with Crippen molar-refractivity contribution in [2.75, 3.05) is 6.54 Å². The molecule has 2 aromatic carbocycles. The van der Waals surface area contributed by atoms with Gasteiger partial charge in [-0.1, -0.05) is 36.3 Å². The lowest BCUT2D eigenvalue weighted by Crippen LogP contribution is -2.52. The average molecular weight is 839 g/mol. The minimum absolute atomic E-state index is 0.0286. The zero-order valence-electron chi connectivity index (χ0n) is 32.9. The van der Waals surface area contributed by atoms with E-state index in [4.69, 9.17) is 29.5 Å². The number of hydrogen-bond donors (Lipinski definition) is 3. The Morgan fingerprint density at radius 2 is 1.93 bits per heavy atom. The number of amides is 1. The average Bonchev–Trinajstić information content (AvgIpc) is 3.83. The van der Waals surface area contributed by atoms with Gasteiger partial charge in [-0.15, -0.1) is 11.3 Å². The maximum absolute atomic E-state index is 13.9. The van der Waals surface area contributed by atoms with E-state index in [0.29, 0.717) is 55.9 Å². The molecule has 3 aromatic heterocycles. The van der Waals surface area contributed by atoms with E-state index >= 15 is 0 Å². The summed E-state index contributed by atoms with van der Waals surface area (Å²) in [4.78, 5) is 62.2. The van der Waals surface area contributed by atoms with Crippen molar-refractivity contribution < 1.29 is 48.7 Å². The van der Waals surface area contributed by atoms with Crippen LogP contribution in [0.3, 0.4) is 0 Å². The van der Waals surface area contributed by atoms with E-state index in [-0.39, 0.29) is 62.6 Å². The van der Waals surface area contributed by atoms with Gasteiger partial charge in [-0.2, -0.15) is 0 Å². The molecule has 0 aliphatic carbocycles. The molecule has 1 saturated heterocycles. The van der Waals surface area contributed by atoms with Crippen LogP contribution in [0.25, 0.3) is 42.8 Å². The molecule has 5 aromatic rings. The molecule has 17 nitrogen and oxygen atoms in total. The van der Waals surface area contributed by atoms with E-state index in [1.807, 2.05) is 51.1 Å². The van der Waals surface area contributed by atoms with Crippen molar-refractivity contribution in [3.63, 3.8) is 0 Å². The fourth-order valence-corrected chi connectivity index (χ4v) is 9.34. The number of aliphatic carboxylic acids is 1. The zero-order chi connectivity index (χ0) is 42.4. The molecule has 0 spiro atoms. The highest BCUT2D eigenvalue weighted by atomic mass is 32.1. The highest BCUT2D eigenvalue weighted by Gasteiger charge is 2.42. The van der Waals surface area contributed by atoms with Gasteiger partial charge in [-0.3, -0.25) is 9.59 Å². The molecule has 5 atom stereocenters. The summed E-state index contributed by atoms with van der Waals surface area (Å²) in [5.74, 6) is -1.97.